The third kappa shape index (κ3) is 2.32. The maximum Gasteiger partial charge on any atom is 0.132 e. The number of fused-ring (bicyclic) bond motifs is 2. The fourth-order valence-electron chi connectivity index (χ4n) is 2.85. The summed E-state index contributed by atoms with van der Waals surface area (Å²) in [5.74, 6) is 0.581. The molecule has 0 spiro atoms. The molecule has 2 aromatic heterocycles. The number of nitrogens with two attached hydrogens (primary N) is 1. The third-order valence-corrected chi connectivity index (χ3v) is 5.08. The van der Waals surface area contributed by atoms with E-state index in [0.717, 1.165) is 27.7 Å². The van der Waals surface area contributed by atoms with Crippen LogP contribution in [0.2, 0.25) is 0 Å². The monoisotopic (exact) mass is 319 g/mol. The van der Waals surface area contributed by atoms with E-state index in [4.69, 9.17) is 5.73 Å². The summed E-state index contributed by atoms with van der Waals surface area (Å²) in [5, 5.41) is 4.50. The Morgan fingerprint density at radius 3 is 2.65 bits per heavy atom. The number of anilines is 2. The van der Waals surface area contributed by atoms with E-state index in [-0.39, 0.29) is 0 Å². The molecule has 2 N–H and O–H groups in total. The van der Waals surface area contributed by atoms with Gasteiger partial charge in [0.2, 0.25) is 0 Å². The van der Waals surface area contributed by atoms with E-state index in [9.17, 15) is 0 Å². The minimum Gasteiger partial charge on any atom is -0.383 e. The molecule has 0 bridgehead atoms. The van der Waals surface area contributed by atoms with Crippen LogP contribution < -0.4 is 10.6 Å². The van der Waals surface area contributed by atoms with Gasteiger partial charge in [-0.1, -0.05) is 24.3 Å². The first-order valence-electron chi connectivity index (χ1n) is 7.48. The van der Waals surface area contributed by atoms with Gasteiger partial charge in [0.1, 0.15) is 5.82 Å². The van der Waals surface area contributed by atoms with Crippen LogP contribution in [0.15, 0.2) is 53.9 Å². The van der Waals surface area contributed by atoms with Crippen molar-refractivity contribution in [2.75, 3.05) is 24.7 Å². The number of pyridine rings is 1. The molecule has 0 saturated carbocycles. The van der Waals surface area contributed by atoms with Gasteiger partial charge >= 0.3 is 0 Å². The van der Waals surface area contributed by atoms with Gasteiger partial charge in [-0.3, -0.25) is 0 Å². The number of aromatic nitrogens is 1. The Kier molecular flexibility index (Phi) is 3.20. The quantitative estimate of drug-likeness (QED) is 0.579. The second kappa shape index (κ2) is 5.25. The molecule has 4 rings (SSSR count). The Morgan fingerprint density at radius 1 is 1.00 bits per heavy atom. The summed E-state index contributed by atoms with van der Waals surface area (Å²) in [7, 11) is 4.05. The van der Waals surface area contributed by atoms with Crippen molar-refractivity contribution in [3.05, 3.63) is 53.9 Å². The molecule has 3 nitrogen and oxygen atoms in total. The van der Waals surface area contributed by atoms with E-state index in [1.165, 1.54) is 10.1 Å². The average Bonchev–Trinajstić information content (AvgIpc) is 2.97. The molecule has 23 heavy (non-hydrogen) atoms. The Morgan fingerprint density at radius 2 is 1.83 bits per heavy atom. The van der Waals surface area contributed by atoms with Gasteiger partial charge in [-0.25, -0.2) is 4.98 Å². The summed E-state index contributed by atoms with van der Waals surface area (Å²) in [6.45, 7) is 0. The molecule has 0 saturated heterocycles. The van der Waals surface area contributed by atoms with Crippen molar-refractivity contribution in [1.82, 2.24) is 4.98 Å². The van der Waals surface area contributed by atoms with Crippen LogP contribution in [0, 0.1) is 0 Å². The smallest absolute Gasteiger partial charge is 0.132 e. The van der Waals surface area contributed by atoms with Gasteiger partial charge in [0.25, 0.3) is 0 Å². The van der Waals surface area contributed by atoms with Crippen LogP contribution >= 0.6 is 11.3 Å². The molecule has 4 aromatic rings. The highest BCUT2D eigenvalue weighted by molar-refractivity contribution is 7.17. The van der Waals surface area contributed by atoms with Crippen molar-refractivity contribution in [2.45, 2.75) is 0 Å². The van der Waals surface area contributed by atoms with Gasteiger partial charge in [0.15, 0.2) is 0 Å². The number of nitrogens with zero attached hydrogens (tertiary/aromatic N) is 2. The minimum atomic E-state index is 0.581. The average molecular weight is 319 g/mol. The highest BCUT2D eigenvalue weighted by Crippen LogP contribution is 2.37. The topological polar surface area (TPSA) is 42.1 Å². The maximum absolute atomic E-state index is 6.27. The zero-order valence-electron chi connectivity index (χ0n) is 13.1. The highest BCUT2D eigenvalue weighted by Gasteiger charge is 2.12. The van der Waals surface area contributed by atoms with Crippen molar-refractivity contribution < 1.29 is 0 Å². The van der Waals surface area contributed by atoms with E-state index in [1.54, 1.807) is 11.3 Å². The largest absolute Gasteiger partial charge is 0.383 e. The van der Waals surface area contributed by atoms with E-state index in [1.807, 2.05) is 14.1 Å². The lowest BCUT2D eigenvalue weighted by Gasteiger charge is -2.13. The van der Waals surface area contributed by atoms with Gasteiger partial charge < -0.3 is 10.6 Å². The van der Waals surface area contributed by atoms with E-state index in [2.05, 4.69) is 63.8 Å². The predicted octanol–water partition coefficient (Wildman–Crippen LogP) is 4.76. The molecule has 2 heterocycles. The van der Waals surface area contributed by atoms with Crippen molar-refractivity contribution >= 4 is 43.8 Å². The summed E-state index contributed by atoms with van der Waals surface area (Å²) in [6.07, 6.45) is 0. The fourth-order valence-corrected chi connectivity index (χ4v) is 3.81. The van der Waals surface area contributed by atoms with Crippen molar-refractivity contribution in [2.24, 2.45) is 0 Å². The Bertz CT molecular complexity index is 1020. The van der Waals surface area contributed by atoms with Crippen LogP contribution in [0.1, 0.15) is 0 Å². The molecule has 0 amide bonds. The first-order chi connectivity index (χ1) is 11.1. The molecule has 0 unspecified atom stereocenters. The number of rotatable bonds is 2. The maximum atomic E-state index is 6.27. The molecular formula is C19H17N3S. The summed E-state index contributed by atoms with van der Waals surface area (Å²) in [4.78, 5) is 6.70. The predicted molar refractivity (Wildman–Crippen MR) is 101 cm³/mol. The lowest BCUT2D eigenvalue weighted by atomic mass is 10.0. The summed E-state index contributed by atoms with van der Waals surface area (Å²) in [6, 6.07) is 16.8. The molecule has 114 valence electrons. The van der Waals surface area contributed by atoms with E-state index in [0.29, 0.717) is 5.82 Å². The van der Waals surface area contributed by atoms with Crippen molar-refractivity contribution in [3.8, 4) is 11.1 Å². The van der Waals surface area contributed by atoms with Gasteiger partial charge in [-0.05, 0) is 29.6 Å². The van der Waals surface area contributed by atoms with Crippen LogP contribution in [0.4, 0.5) is 11.5 Å². The molecule has 0 aliphatic heterocycles. The molecule has 4 heteroatoms. The van der Waals surface area contributed by atoms with Gasteiger partial charge in [0, 0.05) is 46.4 Å². The molecule has 0 atom stereocenters. The molecular weight excluding hydrogens is 302 g/mol. The fraction of sp³-hybridized carbons (Fsp3) is 0.105. The Hall–Kier alpha value is -2.59. The lowest BCUT2D eigenvalue weighted by molar-refractivity contribution is 1.13. The van der Waals surface area contributed by atoms with Crippen LogP contribution in [0.25, 0.3) is 32.1 Å². The molecule has 0 aliphatic rings. The van der Waals surface area contributed by atoms with Crippen molar-refractivity contribution in [1.29, 1.82) is 0 Å². The third-order valence-electron chi connectivity index (χ3n) is 4.12. The SMILES string of the molecule is CN(C)c1ccc2cc(-c3csc4ccccc34)c(N)nc2c1. The van der Waals surface area contributed by atoms with Crippen molar-refractivity contribution in [3.63, 3.8) is 0 Å². The molecule has 0 fully saturated rings. The standard InChI is InChI=1S/C19H17N3S/c1-22(2)13-8-7-12-9-15(19(20)21-17(12)10-13)16-11-23-18-6-4-3-5-14(16)18/h3-11H,1-2H3,(H2,20,21). The zero-order valence-corrected chi connectivity index (χ0v) is 13.9. The van der Waals surface area contributed by atoms with Crippen LogP contribution in [0.5, 0.6) is 0 Å². The Labute approximate surface area is 139 Å². The number of nitrogen functional groups attached to an aromatic ring is 1. The number of thiophene rings is 1. The Balaban J connectivity index is 1.94. The summed E-state index contributed by atoms with van der Waals surface area (Å²) >= 11 is 1.74. The second-order valence-corrected chi connectivity index (χ2v) is 6.75. The lowest BCUT2D eigenvalue weighted by Crippen LogP contribution is -2.08. The van der Waals surface area contributed by atoms with E-state index < -0.39 is 0 Å². The molecule has 0 radical (unpaired) electrons. The van der Waals surface area contributed by atoms with Gasteiger partial charge in [-0.15, -0.1) is 11.3 Å². The number of hydrogen-bond donors (Lipinski definition) is 1. The zero-order chi connectivity index (χ0) is 16.0. The van der Waals surface area contributed by atoms with Crippen LogP contribution in [-0.4, -0.2) is 19.1 Å². The highest BCUT2D eigenvalue weighted by atomic mass is 32.1. The normalized spacial score (nSPS) is 11.2. The number of hydrogen-bond acceptors (Lipinski definition) is 4. The summed E-state index contributed by atoms with van der Waals surface area (Å²) < 4.78 is 1.27. The number of benzene rings is 2. The van der Waals surface area contributed by atoms with Gasteiger partial charge in [0.05, 0.1) is 5.52 Å². The first-order valence-corrected chi connectivity index (χ1v) is 8.35. The molecule has 2 aromatic carbocycles. The first kappa shape index (κ1) is 14.0. The minimum absolute atomic E-state index is 0.581. The van der Waals surface area contributed by atoms with Crippen LogP contribution in [-0.2, 0) is 0 Å². The summed E-state index contributed by atoms with van der Waals surface area (Å²) in [5.41, 5.74) is 10.5. The van der Waals surface area contributed by atoms with Gasteiger partial charge in [-0.2, -0.15) is 0 Å². The van der Waals surface area contributed by atoms with Crippen LogP contribution in [0.3, 0.4) is 0 Å². The molecule has 0 aliphatic carbocycles. The second-order valence-electron chi connectivity index (χ2n) is 5.84. The van der Waals surface area contributed by atoms with E-state index >= 15 is 0 Å².